The molecule has 2 bridgehead atoms. The van der Waals surface area contributed by atoms with Crippen LogP contribution in [0.25, 0.3) is 0 Å². The predicted molar refractivity (Wildman–Crippen MR) is 63.0 cm³/mol. The van der Waals surface area contributed by atoms with Crippen molar-refractivity contribution in [2.75, 3.05) is 20.1 Å². The lowest BCUT2D eigenvalue weighted by Crippen LogP contribution is -2.50. The zero-order valence-electron chi connectivity index (χ0n) is 9.99. The molecule has 0 N–H and O–H groups in total. The maximum absolute atomic E-state index is 2.79. The summed E-state index contributed by atoms with van der Waals surface area (Å²) in [4.78, 5) is 5.45. The molecule has 0 aliphatic carbocycles. The molecule has 2 nitrogen and oxygen atoms in total. The van der Waals surface area contributed by atoms with Gasteiger partial charge in [0.2, 0.25) is 0 Å². The highest BCUT2D eigenvalue weighted by Crippen LogP contribution is 2.36. The van der Waals surface area contributed by atoms with Gasteiger partial charge in [-0.2, -0.15) is 0 Å². The average molecular weight is 208 g/mol. The minimum atomic E-state index is 0.913. The van der Waals surface area contributed by atoms with Gasteiger partial charge in [0.25, 0.3) is 0 Å². The Bertz CT molecular complexity index is 209. The van der Waals surface area contributed by atoms with Crippen molar-refractivity contribution in [3.05, 3.63) is 0 Å². The Morgan fingerprint density at radius 2 is 1.40 bits per heavy atom. The summed E-state index contributed by atoms with van der Waals surface area (Å²) in [6.07, 6.45) is 10.2. The van der Waals surface area contributed by atoms with Crippen LogP contribution in [0, 0.1) is 0 Å². The van der Waals surface area contributed by atoms with Crippen molar-refractivity contribution in [3.63, 3.8) is 0 Å². The van der Waals surface area contributed by atoms with Gasteiger partial charge >= 0.3 is 0 Å². The SMILES string of the molecule is CN1[C@@H]2CC[C@H]1CC(N1CCCCC1)C2. The first kappa shape index (κ1) is 10.1. The van der Waals surface area contributed by atoms with Crippen LogP contribution in [0.2, 0.25) is 0 Å². The molecular weight excluding hydrogens is 184 g/mol. The summed E-state index contributed by atoms with van der Waals surface area (Å²) in [5.74, 6) is 0. The lowest BCUT2D eigenvalue weighted by Gasteiger charge is -2.43. The molecule has 86 valence electrons. The van der Waals surface area contributed by atoms with Gasteiger partial charge in [0.1, 0.15) is 0 Å². The molecule has 0 amide bonds. The Balaban J connectivity index is 1.64. The van der Waals surface area contributed by atoms with E-state index in [0.717, 1.165) is 18.1 Å². The third-order valence-corrected chi connectivity index (χ3v) is 4.98. The first-order valence-corrected chi connectivity index (χ1v) is 6.80. The molecule has 3 heterocycles. The van der Waals surface area contributed by atoms with E-state index in [1.54, 1.807) is 0 Å². The highest BCUT2D eigenvalue weighted by molar-refractivity contribution is 4.97. The molecular formula is C13H24N2. The van der Waals surface area contributed by atoms with Gasteiger partial charge in [0.05, 0.1) is 0 Å². The summed E-state index contributed by atoms with van der Waals surface area (Å²) >= 11 is 0. The molecule has 3 saturated heterocycles. The number of likely N-dealkylation sites (tertiary alicyclic amines) is 1. The molecule has 0 aromatic heterocycles. The molecule has 0 radical (unpaired) electrons. The van der Waals surface area contributed by atoms with Gasteiger partial charge in [-0.25, -0.2) is 0 Å². The van der Waals surface area contributed by atoms with E-state index < -0.39 is 0 Å². The second-order valence-corrected chi connectivity index (χ2v) is 5.77. The molecule has 3 fully saturated rings. The monoisotopic (exact) mass is 208 g/mol. The van der Waals surface area contributed by atoms with Crippen molar-refractivity contribution in [1.82, 2.24) is 9.80 Å². The first-order chi connectivity index (χ1) is 7.34. The normalized spacial score (nSPS) is 43.4. The van der Waals surface area contributed by atoms with E-state index in [1.807, 2.05) is 0 Å². The Labute approximate surface area is 93.6 Å². The standard InChI is InChI=1S/C13H24N2/c1-14-11-5-6-12(14)10-13(9-11)15-7-3-2-4-8-15/h11-13H,2-10H2,1H3/t11-,12+,13?. The van der Waals surface area contributed by atoms with Gasteiger partial charge in [-0.1, -0.05) is 6.42 Å². The average Bonchev–Trinajstić information content (AvgIpc) is 2.54. The van der Waals surface area contributed by atoms with Crippen LogP contribution in [0.15, 0.2) is 0 Å². The summed E-state index contributed by atoms with van der Waals surface area (Å²) < 4.78 is 0. The second-order valence-electron chi connectivity index (χ2n) is 5.77. The Morgan fingerprint density at radius 3 is 2.00 bits per heavy atom. The predicted octanol–water partition coefficient (Wildman–Crippen LogP) is 2.10. The largest absolute Gasteiger partial charge is 0.300 e. The zero-order chi connectivity index (χ0) is 10.3. The van der Waals surface area contributed by atoms with Gasteiger partial charge in [-0.15, -0.1) is 0 Å². The van der Waals surface area contributed by atoms with Crippen molar-refractivity contribution in [2.24, 2.45) is 0 Å². The summed E-state index contributed by atoms with van der Waals surface area (Å²) in [6, 6.07) is 2.75. The number of hydrogen-bond donors (Lipinski definition) is 0. The number of fused-ring (bicyclic) bond motifs is 2. The van der Waals surface area contributed by atoms with Crippen LogP contribution < -0.4 is 0 Å². The third-order valence-electron chi connectivity index (χ3n) is 4.98. The molecule has 2 heteroatoms. The lowest BCUT2D eigenvalue weighted by molar-refractivity contribution is 0.0639. The fourth-order valence-corrected chi connectivity index (χ4v) is 3.96. The van der Waals surface area contributed by atoms with E-state index in [4.69, 9.17) is 0 Å². The smallest absolute Gasteiger partial charge is 0.0125 e. The Hall–Kier alpha value is -0.0800. The van der Waals surface area contributed by atoms with Crippen molar-refractivity contribution in [3.8, 4) is 0 Å². The van der Waals surface area contributed by atoms with Crippen LogP contribution in [-0.4, -0.2) is 48.1 Å². The highest BCUT2D eigenvalue weighted by Gasteiger charge is 2.40. The summed E-state index contributed by atoms with van der Waals surface area (Å²) in [5.41, 5.74) is 0. The van der Waals surface area contributed by atoms with E-state index in [2.05, 4.69) is 16.8 Å². The van der Waals surface area contributed by atoms with Crippen LogP contribution in [0.3, 0.4) is 0 Å². The highest BCUT2D eigenvalue weighted by atomic mass is 15.2. The molecule has 0 saturated carbocycles. The molecule has 3 atom stereocenters. The molecule has 0 spiro atoms. The molecule has 15 heavy (non-hydrogen) atoms. The molecule has 3 aliphatic rings. The maximum Gasteiger partial charge on any atom is 0.0125 e. The third kappa shape index (κ3) is 1.83. The van der Waals surface area contributed by atoms with Crippen molar-refractivity contribution < 1.29 is 0 Å². The fraction of sp³-hybridized carbons (Fsp3) is 1.00. The van der Waals surface area contributed by atoms with Gasteiger partial charge < -0.3 is 9.80 Å². The first-order valence-electron chi connectivity index (χ1n) is 6.80. The molecule has 0 aromatic rings. The minimum Gasteiger partial charge on any atom is -0.300 e. The number of nitrogens with zero attached hydrogens (tertiary/aromatic N) is 2. The van der Waals surface area contributed by atoms with Gasteiger partial charge in [0.15, 0.2) is 0 Å². The van der Waals surface area contributed by atoms with Crippen LogP contribution in [0.4, 0.5) is 0 Å². The van der Waals surface area contributed by atoms with E-state index in [0.29, 0.717) is 0 Å². The topological polar surface area (TPSA) is 6.48 Å². The van der Waals surface area contributed by atoms with Gasteiger partial charge in [0, 0.05) is 18.1 Å². The lowest BCUT2D eigenvalue weighted by atomic mass is 9.95. The summed E-state index contributed by atoms with van der Waals surface area (Å²) in [5, 5.41) is 0. The van der Waals surface area contributed by atoms with Gasteiger partial charge in [-0.05, 0) is 58.7 Å². The summed E-state index contributed by atoms with van der Waals surface area (Å²) in [6.45, 7) is 2.77. The van der Waals surface area contributed by atoms with E-state index in [-0.39, 0.29) is 0 Å². The van der Waals surface area contributed by atoms with Gasteiger partial charge in [-0.3, -0.25) is 0 Å². The van der Waals surface area contributed by atoms with Crippen molar-refractivity contribution in [1.29, 1.82) is 0 Å². The molecule has 3 aliphatic heterocycles. The van der Waals surface area contributed by atoms with Crippen LogP contribution in [-0.2, 0) is 0 Å². The molecule has 0 aromatic carbocycles. The Kier molecular flexibility index (Phi) is 2.73. The van der Waals surface area contributed by atoms with E-state index >= 15 is 0 Å². The van der Waals surface area contributed by atoms with Crippen molar-refractivity contribution in [2.45, 2.75) is 63.1 Å². The van der Waals surface area contributed by atoms with Crippen molar-refractivity contribution >= 4 is 0 Å². The number of rotatable bonds is 1. The zero-order valence-corrected chi connectivity index (χ0v) is 9.99. The molecule has 3 rings (SSSR count). The molecule has 1 unspecified atom stereocenters. The number of hydrogen-bond acceptors (Lipinski definition) is 2. The summed E-state index contributed by atoms with van der Waals surface area (Å²) in [7, 11) is 2.34. The number of piperidine rings is 2. The second kappa shape index (κ2) is 4.06. The minimum absolute atomic E-state index is 0.913. The van der Waals surface area contributed by atoms with Crippen LogP contribution in [0.1, 0.15) is 44.9 Å². The maximum atomic E-state index is 2.79. The van der Waals surface area contributed by atoms with Crippen LogP contribution >= 0.6 is 0 Å². The quantitative estimate of drug-likeness (QED) is 0.651. The van der Waals surface area contributed by atoms with E-state index in [9.17, 15) is 0 Å². The Morgan fingerprint density at radius 1 is 0.800 bits per heavy atom. The van der Waals surface area contributed by atoms with E-state index in [1.165, 1.54) is 58.0 Å². The van der Waals surface area contributed by atoms with Crippen LogP contribution in [0.5, 0.6) is 0 Å². The fourth-order valence-electron chi connectivity index (χ4n) is 3.96.